The number of benzene rings is 1. The standard InChI is InChI=1S/C12H16ClNO4S/c1-12(2,3)14-19(16,17)8-5-6-9(10(13)7-8)11(15)18-4/h5-7,14H,1-4H3. The largest absolute Gasteiger partial charge is 0.465 e. The fourth-order valence-corrected chi connectivity index (χ4v) is 3.17. The molecule has 0 aliphatic rings. The Morgan fingerprint density at radius 3 is 2.32 bits per heavy atom. The second kappa shape index (κ2) is 5.48. The Labute approximate surface area is 118 Å². The number of hydrogen-bond donors (Lipinski definition) is 1. The van der Waals surface area contributed by atoms with Crippen molar-refractivity contribution in [3.63, 3.8) is 0 Å². The summed E-state index contributed by atoms with van der Waals surface area (Å²) >= 11 is 5.89. The average Bonchev–Trinajstić information content (AvgIpc) is 2.24. The highest BCUT2D eigenvalue weighted by molar-refractivity contribution is 7.89. The predicted molar refractivity (Wildman–Crippen MR) is 72.9 cm³/mol. The fourth-order valence-electron chi connectivity index (χ4n) is 1.40. The van der Waals surface area contributed by atoms with Crippen molar-refractivity contribution in [1.29, 1.82) is 0 Å². The predicted octanol–water partition coefficient (Wildman–Crippen LogP) is 2.20. The summed E-state index contributed by atoms with van der Waals surface area (Å²) in [6, 6.07) is 3.86. The maximum Gasteiger partial charge on any atom is 0.339 e. The van der Waals surface area contributed by atoms with E-state index in [-0.39, 0.29) is 15.5 Å². The van der Waals surface area contributed by atoms with E-state index in [4.69, 9.17) is 11.6 Å². The van der Waals surface area contributed by atoms with Gasteiger partial charge in [0.05, 0.1) is 22.6 Å². The van der Waals surface area contributed by atoms with Crippen LogP contribution < -0.4 is 4.72 Å². The molecule has 0 bridgehead atoms. The third kappa shape index (κ3) is 4.19. The third-order valence-electron chi connectivity index (χ3n) is 2.10. The lowest BCUT2D eigenvalue weighted by molar-refractivity contribution is 0.0601. The van der Waals surface area contributed by atoms with Gasteiger partial charge in [0.1, 0.15) is 0 Å². The average molecular weight is 306 g/mol. The van der Waals surface area contributed by atoms with Gasteiger partial charge in [0, 0.05) is 5.54 Å². The molecule has 0 atom stereocenters. The van der Waals surface area contributed by atoms with Crippen LogP contribution in [-0.2, 0) is 14.8 Å². The molecule has 1 aromatic carbocycles. The van der Waals surface area contributed by atoms with E-state index in [0.29, 0.717) is 0 Å². The normalized spacial score (nSPS) is 12.3. The van der Waals surface area contributed by atoms with Crippen molar-refractivity contribution < 1.29 is 17.9 Å². The summed E-state index contributed by atoms with van der Waals surface area (Å²) in [7, 11) is -2.45. The number of ether oxygens (including phenoxy) is 1. The van der Waals surface area contributed by atoms with E-state index in [9.17, 15) is 13.2 Å². The molecule has 0 fully saturated rings. The monoisotopic (exact) mass is 305 g/mol. The Morgan fingerprint density at radius 2 is 1.89 bits per heavy atom. The smallest absolute Gasteiger partial charge is 0.339 e. The van der Waals surface area contributed by atoms with Gasteiger partial charge in [-0.25, -0.2) is 17.9 Å². The van der Waals surface area contributed by atoms with E-state index in [2.05, 4.69) is 9.46 Å². The Bertz CT molecular complexity index is 590. The third-order valence-corrected chi connectivity index (χ3v) is 4.17. The first-order chi connectivity index (χ1) is 8.57. The van der Waals surface area contributed by atoms with Crippen LogP contribution in [0.4, 0.5) is 0 Å². The van der Waals surface area contributed by atoms with Gasteiger partial charge < -0.3 is 4.74 Å². The number of methoxy groups -OCH3 is 1. The highest BCUT2D eigenvalue weighted by Crippen LogP contribution is 2.22. The zero-order valence-corrected chi connectivity index (χ0v) is 12.7. The van der Waals surface area contributed by atoms with E-state index in [0.717, 1.165) is 0 Å². The number of hydrogen-bond acceptors (Lipinski definition) is 4. The number of carbonyl (C=O) groups excluding carboxylic acids is 1. The lowest BCUT2D eigenvalue weighted by Crippen LogP contribution is -2.40. The molecule has 0 saturated carbocycles. The van der Waals surface area contributed by atoms with Gasteiger partial charge in [-0.2, -0.15) is 0 Å². The van der Waals surface area contributed by atoms with Gasteiger partial charge in [-0.05, 0) is 39.0 Å². The Kier molecular flexibility index (Phi) is 4.60. The molecule has 0 radical (unpaired) electrons. The highest BCUT2D eigenvalue weighted by atomic mass is 35.5. The molecule has 0 amide bonds. The highest BCUT2D eigenvalue weighted by Gasteiger charge is 2.23. The molecule has 0 unspecified atom stereocenters. The maximum absolute atomic E-state index is 12.1. The molecular formula is C12H16ClNO4S. The molecule has 19 heavy (non-hydrogen) atoms. The molecule has 1 rings (SSSR count). The van der Waals surface area contributed by atoms with Crippen molar-refractivity contribution in [2.75, 3.05) is 7.11 Å². The van der Waals surface area contributed by atoms with Gasteiger partial charge in [-0.15, -0.1) is 0 Å². The SMILES string of the molecule is COC(=O)c1ccc(S(=O)(=O)NC(C)(C)C)cc1Cl. The van der Waals surface area contributed by atoms with E-state index < -0.39 is 21.5 Å². The molecule has 1 N–H and O–H groups in total. The topological polar surface area (TPSA) is 72.5 Å². The molecular weight excluding hydrogens is 290 g/mol. The summed E-state index contributed by atoms with van der Waals surface area (Å²) in [5, 5.41) is 0.0311. The maximum atomic E-state index is 12.1. The quantitative estimate of drug-likeness (QED) is 0.869. The van der Waals surface area contributed by atoms with Crippen LogP contribution in [0.15, 0.2) is 23.1 Å². The van der Waals surface area contributed by atoms with Crippen LogP contribution in [0.5, 0.6) is 0 Å². The summed E-state index contributed by atoms with van der Waals surface area (Å²) in [5.41, 5.74) is -0.481. The lowest BCUT2D eigenvalue weighted by atomic mass is 10.1. The first kappa shape index (κ1) is 15.9. The fraction of sp³-hybridized carbons (Fsp3) is 0.417. The van der Waals surface area contributed by atoms with E-state index in [1.807, 2.05) is 0 Å². The van der Waals surface area contributed by atoms with Crippen molar-refractivity contribution >= 4 is 27.6 Å². The molecule has 5 nitrogen and oxygen atoms in total. The van der Waals surface area contributed by atoms with Gasteiger partial charge in [0.2, 0.25) is 10.0 Å². The van der Waals surface area contributed by atoms with Gasteiger partial charge in [0.15, 0.2) is 0 Å². The van der Waals surface area contributed by atoms with E-state index in [1.165, 1.54) is 25.3 Å². The molecule has 106 valence electrons. The number of rotatable bonds is 3. The molecule has 0 aromatic heterocycles. The second-order valence-corrected chi connectivity index (χ2v) is 7.08. The van der Waals surface area contributed by atoms with Crippen LogP contribution in [0.3, 0.4) is 0 Å². The minimum atomic E-state index is -3.68. The Balaban J connectivity index is 3.18. The lowest BCUT2D eigenvalue weighted by Gasteiger charge is -2.20. The molecule has 0 aliphatic heterocycles. The Hall–Kier alpha value is -1.11. The summed E-state index contributed by atoms with van der Waals surface area (Å²) in [4.78, 5) is 11.4. The zero-order valence-electron chi connectivity index (χ0n) is 11.2. The van der Waals surface area contributed by atoms with Crippen molar-refractivity contribution in [3.05, 3.63) is 28.8 Å². The van der Waals surface area contributed by atoms with Crippen LogP contribution in [-0.4, -0.2) is 27.0 Å². The summed E-state index contributed by atoms with van der Waals surface area (Å²) in [6.07, 6.45) is 0. The van der Waals surface area contributed by atoms with E-state index in [1.54, 1.807) is 20.8 Å². The molecule has 0 heterocycles. The molecule has 0 saturated heterocycles. The number of nitrogens with one attached hydrogen (secondary N) is 1. The van der Waals surface area contributed by atoms with Crippen LogP contribution in [0.2, 0.25) is 5.02 Å². The van der Waals surface area contributed by atoms with Crippen LogP contribution in [0, 0.1) is 0 Å². The zero-order chi connectivity index (χ0) is 14.8. The number of esters is 1. The van der Waals surface area contributed by atoms with Gasteiger partial charge in [0.25, 0.3) is 0 Å². The van der Waals surface area contributed by atoms with Crippen molar-refractivity contribution in [2.45, 2.75) is 31.2 Å². The first-order valence-electron chi connectivity index (χ1n) is 5.49. The summed E-state index contributed by atoms with van der Waals surface area (Å²) < 4.78 is 31.2. The van der Waals surface area contributed by atoms with E-state index >= 15 is 0 Å². The minimum Gasteiger partial charge on any atom is -0.465 e. The van der Waals surface area contributed by atoms with Gasteiger partial charge in [-0.3, -0.25) is 0 Å². The van der Waals surface area contributed by atoms with Gasteiger partial charge in [-0.1, -0.05) is 11.6 Å². The number of halogens is 1. The van der Waals surface area contributed by atoms with Crippen molar-refractivity contribution in [3.8, 4) is 0 Å². The number of carbonyl (C=O) groups is 1. The second-order valence-electron chi connectivity index (χ2n) is 4.99. The molecule has 0 aliphatic carbocycles. The minimum absolute atomic E-state index is 0.0000723. The summed E-state index contributed by atoms with van der Waals surface area (Å²) in [6.45, 7) is 5.19. The van der Waals surface area contributed by atoms with Crippen LogP contribution >= 0.6 is 11.6 Å². The van der Waals surface area contributed by atoms with Crippen molar-refractivity contribution in [1.82, 2.24) is 4.72 Å². The Morgan fingerprint density at radius 1 is 1.32 bits per heavy atom. The summed E-state index contributed by atoms with van der Waals surface area (Å²) in [5.74, 6) is -0.613. The first-order valence-corrected chi connectivity index (χ1v) is 7.35. The molecule has 0 spiro atoms. The van der Waals surface area contributed by atoms with Crippen LogP contribution in [0.25, 0.3) is 0 Å². The molecule has 7 heteroatoms. The molecule has 1 aromatic rings. The number of sulfonamides is 1. The van der Waals surface area contributed by atoms with Crippen molar-refractivity contribution in [2.24, 2.45) is 0 Å². The van der Waals surface area contributed by atoms with Gasteiger partial charge >= 0.3 is 5.97 Å². The van der Waals surface area contributed by atoms with Crippen LogP contribution in [0.1, 0.15) is 31.1 Å².